The van der Waals surface area contributed by atoms with Gasteiger partial charge in [0.25, 0.3) is 5.79 Å². The van der Waals surface area contributed by atoms with Gasteiger partial charge in [0.1, 0.15) is 13.2 Å². The molecule has 4 rings (SSSR count). The second-order valence-corrected chi connectivity index (χ2v) is 15.3. The lowest BCUT2D eigenvalue weighted by Crippen LogP contribution is -2.40. The van der Waals surface area contributed by atoms with Crippen molar-refractivity contribution in [1.29, 1.82) is 0 Å². The van der Waals surface area contributed by atoms with Gasteiger partial charge in [0.05, 0.1) is 25.2 Å². The molecule has 0 aliphatic heterocycles. The maximum Gasteiger partial charge on any atom is 0.254 e. The van der Waals surface area contributed by atoms with Gasteiger partial charge in [-0.15, -0.1) is 0 Å². The smallest absolute Gasteiger partial charge is 0.254 e. The van der Waals surface area contributed by atoms with Gasteiger partial charge in [-0.05, 0) is 113 Å². The highest BCUT2D eigenvalue weighted by Gasteiger charge is 2.38. The average Bonchev–Trinajstić information content (AvgIpc) is 3.28. The van der Waals surface area contributed by atoms with Crippen LogP contribution in [-0.4, -0.2) is 162 Å². The van der Waals surface area contributed by atoms with Gasteiger partial charge in [-0.25, -0.2) is 39.9 Å². The van der Waals surface area contributed by atoms with Crippen LogP contribution < -0.4 is 0 Å². The second-order valence-electron chi connectivity index (χ2n) is 14.7. The van der Waals surface area contributed by atoms with Crippen molar-refractivity contribution in [3.05, 3.63) is 102 Å². The molecular formula is C46H73BrN10O8. The van der Waals surface area contributed by atoms with E-state index in [1.54, 1.807) is 49.6 Å². The van der Waals surface area contributed by atoms with Crippen LogP contribution in [0, 0.1) is 27.7 Å². The van der Waals surface area contributed by atoms with Crippen LogP contribution in [-0.2, 0) is 44.7 Å². The van der Waals surface area contributed by atoms with E-state index < -0.39 is 11.6 Å². The predicted molar refractivity (Wildman–Crippen MR) is 254 cm³/mol. The molecule has 4 aromatic rings. The van der Waals surface area contributed by atoms with E-state index in [2.05, 4.69) is 67.3 Å². The minimum absolute atomic E-state index is 0.0386. The van der Waals surface area contributed by atoms with Crippen molar-refractivity contribution in [1.82, 2.24) is 49.7 Å². The monoisotopic (exact) mass is 972 g/mol. The number of ketones is 1. The van der Waals surface area contributed by atoms with E-state index in [1.165, 1.54) is 0 Å². The fraction of sp³-hybridized carbons (Fsp3) is 0.587. The third-order valence-corrected chi connectivity index (χ3v) is 8.94. The van der Waals surface area contributed by atoms with E-state index in [9.17, 15) is 4.79 Å². The van der Waals surface area contributed by atoms with Crippen molar-refractivity contribution in [2.24, 2.45) is 0 Å². The molecule has 19 heteroatoms. The molecule has 4 aromatic heterocycles. The Kier molecular flexibility index (Phi) is 30.0. The van der Waals surface area contributed by atoms with E-state index in [4.69, 9.17) is 33.2 Å². The van der Waals surface area contributed by atoms with Crippen LogP contribution in [0.25, 0.3) is 5.76 Å². The van der Waals surface area contributed by atoms with E-state index in [0.717, 1.165) is 35.3 Å². The summed E-state index contributed by atoms with van der Waals surface area (Å²) >= 11 is 3.40. The summed E-state index contributed by atoms with van der Waals surface area (Å²) in [5.74, 6) is 0.259. The maximum absolute atomic E-state index is 11.5. The molecule has 0 aliphatic carbocycles. The van der Waals surface area contributed by atoms with Crippen LogP contribution >= 0.6 is 15.9 Å². The summed E-state index contributed by atoms with van der Waals surface area (Å²) in [4.78, 5) is 48.8. The van der Waals surface area contributed by atoms with Gasteiger partial charge in [0.2, 0.25) is 11.6 Å². The molecule has 0 aliphatic rings. The largest absolute Gasteiger partial charge is 0.491 e. The fourth-order valence-corrected chi connectivity index (χ4v) is 5.55. The number of Topliss-reactive ketones (excluding diaryl/α,β-unsaturated/α-hetero) is 1. The molecule has 0 atom stereocenters. The van der Waals surface area contributed by atoms with Gasteiger partial charge in [-0.2, -0.15) is 0 Å². The zero-order valence-electron chi connectivity index (χ0n) is 40.9. The Bertz CT molecular complexity index is 1850. The highest BCUT2D eigenvalue weighted by molar-refractivity contribution is 9.09. The molecule has 0 bridgehead atoms. The van der Waals surface area contributed by atoms with Crippen molar-refractivity contribution >= 4 is 27.5 Å². The topological polar surface area (TPSA) is 191 Å². The Morgan fingerprint density at radius 2 is 0.908 bits per heavy atom. The number of carbonyl (C=O) groups excluding carboxylic acids is 1. The summed E-state index contributed by atoms with van der Waals surface area (Å²) in [5, 5.41) is 0.505. The summed E-state index contributed by atoms with van der Waals surface area (Å²) in [6.45, 7) is 26.7. The second kappa shape index (κ2) is 33.2. The first kappa shape index (κ1) is 58.7. The van der Waals surface area contributed by atoms with E-state index in [1.807, 2.05) is 95.4 Å². The number of alkyl halides is 1. The number of aryl methyl sites for hydroxylation is 4. The molecule has 0 radical (unpaired) electrons. The van der Waals surface area contributed by atoms with Crippen LogP contribution in [0.2, 0.25) is 0 Å². The molecule has 18 nitrogen and oxygen atoms in total. The molecule has 0 unspecified atom stereocenters. The van der Waals surface area contributed by atoms with E-state index in [-0.39, 0.29) is 24.8 Å². The number of aromatic nitrogens is 8. The van der Waals surface area contributed by atoms with Crippen LogP contribution in [0.3, 0.4) is 0 Å². The van der Waals surface area contributed by atoms with Crippen molar-refractivity contribution in [3.63, 3.8) is 0 Å². The molecule has 362 valence electrons. The van der Waals surface area contributed by atoms with E-state index in [0.29, 0.717) is 74.8 Å². The van der Waals surface area contributed by atoms with Gasteiger partial charge in [-0.1, -0.05) is 22.5 Å². The standard InChI is InChI=1S/C15H27N3O3.C11H17BrN2O2.C11H17N3O2.C9H12N2O/c1-6-20-15(21-7-2,12-19-9-8-18(4)5)14-16-10-13(3)11-17-14;1-4-15-11(8-12,16-5-2)10-13-6-9(3)7-14-10;1-9-6-12-11(13-7-9)10(15)8-16-5-4-14(2)3;1-4-12-8(3)9-10-5-7(2)6-11-9/h10-11H,6-9,12H2,1-5H3;2*6-7H,4-5,8H2,1-3H3;5-6H,3-4H2,1-2H3. The molecule has 65 heavy (non-hydrogen) atoms. The number of hydrogen-bond acceptors (Lipinski definition) is 18. The lowest BCUT2D eigenvalue weighted by Gasteiger charge is -2.31. The third-order valence-electron chi connectivity index (χ3n) is 8.20. The Labute approximate surface area is 395 Å². The molecule has 0 fully saturated rings. The minimum atomic E-state index is -1.04. The van der Waals surface area contributed by atoms with Crippen LogP contribution in [0.1, 0.15) is 85.0 Å². The number of rotatable bonds is 25. The lowest BCUT2D eigenvalue weighted by molar-refractivity contribution is -0.272. The van der Waals surface area contributed by atoms with Gasteiger partial charge in [0, 0.05) is 89.1 Å². The fourth-order valence-electron chi connectivity index (χ4n) is 4.98. The van der Waals surface area contributed by atoms with Crippen molar-refractivity contribution in [2.75, 3.05) is 106 Å². The van der Waals surface area contributed by atoms with Crippen LogP contribution in [0.4, 0.5) is 0 Å². The Hall–Kier alpha value is -4.31. The first-order chi connectivity index (χ1) is 31.0. The average molecular weight is 974 g/mol. The van der Waals surface area contributed by atoms with Gasteiger partial charge < -0.3 is 43.0 Å². The zero-order chi connectivity index (χ0) is 48.7. The summed E-state index contributed by atoms with van der Waals surface area (Å²) in [5.41, 5.74) is 3.97. The summed E-state index contributed by atoms with van der Waals surface area (Å²) < 4.78 is 39.0. The normalized spacial score (nSPS) is 11.2. The van der Waals surface area contributed by atoms with Gasteiger partial charge >= 0.3 is 0 Å². The summed E-state index contributed by atoms with van der Waals surface area (Å²) in [6, 6.07) is 0. The van der Waals surface area contributed by atoms with E-state index >= 15 is 0 Å². The highest BCUT2D eigenvalue weighted by Crippen LogP contribution is 2.27. The molecule has 0 spiro atoms. The first-order valence-electron chi connectivity index (χ1n) is 21.6. The molecule has 0 N–H and O–H groups in total. The molecule has 0 saturated carbocycles. The SMILES string of the molecule is C=C(OCC)c1ncc(C)cn1.CCOC(CBr)(OCC)c1ncc(C)cn1.CCOC(COCCN(C)C)(OCC)c1ncc(C)cn1.Cc1cnc(C(=O)COCCN(C)C)nc1. The number of nitrogens with zero attached hydrogens (tertiary/aromatic N) is 10. The Morgan fingerprint density at radius 3 is 1.28 bits per heavy atom. The minimum Gasteiger partial charge on any atom is -0.491 e. The van der Waals surface area contributed by atoms with Crippen LogP contribution in [0.5, 0.6) is 0 Å². The molecule has 0 saturated heterocycles. The van der Waals surface area contributed by atoms with Crippen molar-refractivity contribution < 1.29 is 38.0 Å². The van der Waals surface area contributed by atoms with Crippen LogP contribution in [0.15, 0.2) is 56.2 Å². The molecule has 0 amide bonds. The van der Waals surface area contributed by atoms with Gasteiger partial charge in [-0.3, -0.25) is 4.79 Å². The number of likely N-dealkylation sites (N-methyl/N-ethyl adjacent to an activating group) is 2. The zero-order valence-corrected chi connectivity index (χ0v) is 42.5. The van der Waals surface area contributed by atoms with Gasteiger partial charge in [0.15, 0.2) is 29.1 Å². The predicted octanol–water partition coefficient (Wildman–Crippen LogP) is 6.33. The first-order valence-corrected chi connectivity index (χ1v) is 22.7. The number of halogens is 1. The molecule has 4 heterocycles. The number of hydrogen-bond donors (Lipinski definition) is 0. The summed E-state index contributed by atoms with van der Waals surface area (Å²) in [7, 11) is 7.91. The quantitative estimate of drug-likeness (QED) is 0.0235. The third kappa shape index (κ3) is 23.1. The number of carbonyl (C=O) groups is 1. The summed E-state index contributed by atoms with van der Waals surface area (Å²) in [6.07, 6.45) is 13.8. The highest BCUT2D eigenvalue weighted by atomic mass is 79.9. The number of ether oxygens (including phenoxy) is 7. The van der Waals surface area contributed by atoms with Crippen molar-refractivity contribution in [2.45, 2.75) is 73.9 Å². The van der Waals surface area contributed by atoms with Crippen molar-refractivity contribution in [3.8, 4) is 0 Å². The lowest BCUT2D eigenvalue weighted by atomic mass is 10.2. The Morgan fingerprint density at radius 1 is 0.554 bits per heavy atom. The maximum atomic E-state index is 11.5. The Balaban J connectivity index is 0.000000441. The molecular weight excluding hydrogens is 900 g/mol. The molecule has 0 aromatic carbocycles.